The van der Waals surface area contributed by atoms with Gasteiger partial charge in [0.2, 0.25) is 0 Å². The third-order valence-corrected chi connectivity index (χ3v) is 3.06. The summed E-state index contributed by atoms with van der Waals surface area (Å²) in [6.45, 7) is 0.172. The lowest BCUT2D eigenvalue weighted by molar-refractivity contribution is 0.0594. The normalized spacial score (nSPS) is 17.8. The van der Waals surface area contributed by atoms with Crippen LogP contribution in [-0.4, -0.2) is 34.4 Å². The molecule has 2 aromatic rings. The number of β-amino-alcohol motifs (C(OH)–C–C–N with tert-alkyl or cyclic N) is 1. The molecule has 0 bridgehead atoms. The molecular weight excluding hydrogens is 246 g/mol. The maximum absolute atomic E-state index is 11.7. The van der Waals surface area contributed by atoms with Gasteiger partial charge in [0.15, 0.2) is 6.23 Å². The molecule has 0 saturated heterocycles. The van der Waals surface area contributed by atoms with Crippen LogP contribution in [0.15, 0.2) is 30.3 Å². The Morgan fingerprint density at radius 2 is 2.32 bits per heavy atom. The smallest absolute Gasteiger partial charge is 0.269 e. The molecule has 6 heteroatoms. The molecule has 1 aliphatic heterocycles. The Morgan fingerprint density at radius 1 is 1.47 bits per heavy atom. The number of nitrogens with zero attached hydrogens (tertiary/aromatic N) is 2. The molecule has 1 aromatic heterocycles. The first-order valence-electron chi connectivity index (χ1n) is 5.89. The minimum atomic E-state index is -0.827. The highest BCUT2D eigenvalue weighted by Gasteiger charge is 2.25. The van der Waals surface area contributed by atoms with Gasteiger partial charge in [-0.15, -0.1) is 0 Å². The second-order valence-electron chi connectivity index (χ2n) is 4.28. The number of aromatic nitrogens is 2. The van der Waals surface area contributed by atoms with Crippen molar-refractivity contribution in [2.45, 2.75) is 6.23 Å². The van der Waals surface area contributed by atoms with Crippen LogP contribution in [0.2, 0.25) is 0 Å². The summed E-state index contributed by atoms with van der Waals surface area (Å²) in [6.07, 6.45) is -0.827. The van der Waals surface area contributed by atoms with Crippen molar-refractivity contribution in [3.8, 4) is 17.0 Å². The molecule has 1 atom stereocenters. The molecule has 1 aliphatic rings. The predicted octanol–water partition coefficient (Wildman–Crippen LogP) is 0.793. The summed E-state index contributed by atoms with van der Waals surface area (Å²) in [7, 11) is 1.59. The largest absolute Gasteiger partial charge is 0.497 e. The first kappa shape index (κ1) is 11.7. The SMILES string of the molecule is COc1cccc(-c2cc3n(n2)[C@@H](O)CNC3=O)c1. The van der Waals surface area contributed by atoms with Crippen molar-refractivity contribution < 1.29 is 14.6 Å². The summed E-state index contributed by atoms with van der Waals surface area (Å²) >= 11 is 0. The number of aliphatic hydroxyl groups excluding tert-OH is 1. The van der Waals surface area contributed by atoms with Gasteiger partial charge in [-0.3, -0.25) is 4.79 Å². The van der Waals surface area contributed by atoms with E-state index in [2.05, 4.69) is 10.4 Å². The van der Waals surface area contributed by atoms with Crippen LogP contribution in [0.1, 0.15) is 16.7 Å². The molecule has 2 N–H and O–H groups in total. The zero-order valence-electron chi connectivity index (χ0n) is 10.3. The standard InChI is InChI=1S/C13H13N3O3/c1-19-9-4-2-3-8(5-9)10-6-11-13(18)14-7-12(17)16(11)15-10/h2-6,12,17H,7H2,1H3,(H,14,18)/t12-/m0/s1. The van der Waals surface area contributed by atoms with E-state index < -0.39 is 6.23 Å². The van der Waals surface area contributed by atoms with Crippen LogP contribution in [0, 0.1) is 0 Å². The van der Waals surface area contributed by atoms with Crippen LogP contribution >= 0.6 is 0 Å². The molecule has 6 nitrogen and oxygen atoms in total. The van der Waals surface area contributed by atoms with E-state index >= 15 is 0 Å². The number of fused-ring (bicyclic) bond motifs is 1. The molecule has 2 heterocycles. The average molecular weight is 259 g/mol. The predicted molar refractivity (Wildman–Crippen MR) is 67.8 cm³/mol. The lowest BCUT2D eigenvalue weighted by Gasteiger charge is -2.19. The Morgan fingerprint density at radius 3 is 3.05 bits per heavy atom. The monoisotopic (exact) mass is 259 g/mol. The first-order chi connectivity index (χ1) is 9.19. The molecular formula is C13H13N3O3. The highest BCUT2D eigenvalue weighted by molar-refractivity contribution is 5.94. The number of carbonyl (C=O) groups excluding carboxylic acids is 1. The number of aliphatic hydroxyl groups is 1. The van der Waals surface area contributed by atoms with Crippen molar-refractivity contribution in [2.75, 3.05) is 13.7 Å². The molecule has 0 radical (unpaired) electrons. The Hall–Kier alpha value is -2.34. The molecule has 19 heavy (non-hydrogen) atoms. The lowest BCUT2D eigenvalue weighted by atomic mass is 10.1. The van der Waals surface area contributed by atoms with Crippen LogP contribution in [-0.2, 0) is 0 Å². The second kappa shape index (κ2) is 4.40. The van der Waals surface area contributed by atoms with Crippen molar-refractivity contribution in [2.24, 2.45) is 0 Å². The van der Waals surface area contributed by atoms with Gasteiger partial charge in [-0.2, -0.15) is 5.10 Å². The highest BCUT2D eigenvalue weighted by Crippen LogP contribution is 2.25. The van der Waals surface area contributed by atoms with Gasteiger partial charge >= 0.3 is 0 Å². The Bertz CT molecular complexity index is 636. The lowest BCUT2D eigenvalue weighted by Crippen LogP contribution is -2.39. The summed E-state index contributed by atoms with van der Waals surface area (Å²) in [5, 5.41) is 16.7. The van der Waals surface area contributed by atoms with Gasteiger partial charge in [0.1, 0.15) is 11.4 Å². The van der Waals surface area contributed by atoms with Crippen molar-refractivity contribution in [1.29, 1.82) is 0 Å². The topological polar surface area (TPSA) is 76.4 Å². The van der Waals surface area contributed by atoms with E-state index in [1.54, 1.807) is 13.2 Å². The number of ether oxygens (including phenoxy) is 1. The van der Waals surface area contributed by atoms with Crippen LogP contribution < -0.4 is 10.1 Å². The Labute approximate surface area is 109 Å². The van der Waals surface area contributed by atoms with E-state index in [4.69, 9.17) is 4.74 Å². The minimum Gasteiger partial charge on any atom is -0.497 e. The number of methoxy groups -OCH3 is 1. The fourth-order valence-corrected chi connectivity index (χ4v) is 2.08. The molecule has 0 unspecified atom stereocenters. The fourth-order valence-electron chi connectivity index (χ4n) is 2.08. The molecule has 0 spiro atoms. The number of hydrogen-bond donors (Lipinski definition) is 2. The summed E-state index contributed by atoms with van der Waals surface area (Å²) in [5.41, 5.74) is 1.82. The third kappa shape index (κ3) is 1.96. The summed E-state index contributed by atoms with van der Waals surface area (Å²) < 4.78 is 6.50. The van der Waals surface area contributed by atoms with Crippen molar-refractivity contribution in [3.05, 3.63) is 36.0 Å². The van der Waals surface area contributed by atoms with Crippen LogP contribution in [0.4, 0.5) is 0 Å². The van der Waals surface area contributed by atoms with E-state index in [1.165, 1.54) is 4.68 Å². The van der Waals surface area contributed by atoms with E-state index in [-0.39, 0.29) is 12.5 Å². The number of nitrogens with one attached hydrogen (secondary N) is 1. The zero-order chi connectivity index (χ0) is 13.4. The summed E-state index contributed by atoms with van der Waals surface area (Å²) in [5.74, 6) is 0.486. The van der Waals surface area contributed by atoms with Crippen molar-refractivity contribution in [1.82, 2.24) is 15.1 Å². The Kier molecular flexibility index (Phi) is 2.72. The van der Waals surface area contributed by atoms with Gasteiger partial charge in [-0.1, -0.05) is 12.1 Å². The minimum absolute atomic E-state index is 0.172. The molecule has 0 saturated carbocycles. The molecule has 98 valence electrons. The maximum Gasteiger partial charge on any atom is 0.269 e. The van der Waals surface area contributed by atoms with E-state index in [1.807, 2.05) is 24.3 Å². The highest BCUT2D eigenvalue weighted by atomic mass is 16.5. The first-order valence-corrected chi connectivity index (χ1v) is 5.89. The molecule has 0 aliphatic carbocycles. The average Bonchev–Trinajstić information content (AvgIpc) is 2.89. The number of benzene rings is 1. The maximum atomic E-state index is 11.7. The molecule has 1 aromatic carbocycles. The summed E-state index contributed by atoms with van der Waals surface area (Å²) in [4.78, 5) is 11.7. The van der Waals surface area contributed by atoms with Crippen LogP contribution in [0.3, 0.4) is 0 Å². The zero-order valence-corrected chi connectivity index (χ0v) is 10.3. The molecule has 3 rings (SSSR count). The number of carbonyl (C=O) groups is 1. The van der Waals surface area contributed by atoms with Crippen molar-refractivity contribution in [3.63, 3.8) is 0 Å². The van der Waals surface area contributed by atoms with E-state index in [0.29, 0.717) is 17.1 Å². The number of amides is 1. The third-order valence-electron chi connectivity index (χ3n) is 3.06. The van der Waals surface area contributed by atoms with Crippen LogP contribution in [0.5, 0.6) is 5.75 Å². The summed E-state index contributed by atoms with van der Waals surface area (Å²) in [6, 6.07) is 9.05. The molecule has 0 fully saturated rings. The van der Waals surface area contributed by atoms with Gasteiger partial charge < -0.3 is 15.2 Å². The van der Waals surface area contributed by atoms with Crippen molar-refractivity contribution >= 4 is 5.91 Å². The van der Waals surface area contributed by atoms with Gasteiger partial charge in [-0.25, -0.2) is 4.68 Å². The van der Waals surface area contributed by atoms with Gasteiger partial charge in [0.05, 0.1) is 19.3 Å². The fraction of sp³-hybridized carbons (Fsp3) is 0.231. The van der Waals surface area contributed by atoms with E-state index in [0.717, 1.165) is 5.56 Å². The second-order valence-corrected chi connectivity index (χ2v) is 4.28. The van der Waals surface area contributed by atoms with Crippen LogP contribution in [0.25, 0.3) is 11.3 Å². The quantitative estimate of drug-likeness (QED) is 0.836. The van der Waals surface area contributed by atoms with Gasteiger partial charge in [0.25, 0.3) is 5.91 Å². The van der Waals surface area contributed by atoms with E-state index in [9.17, 15) is 9.90 Å². The van der Waals surface area contributed by atoms with Gasteiger partial charge in [-0.05, 0) is 18.2 Å². The number of rotatable bonds is 2. The van der Waals surface area contributed by atoms with Gasteiger partial charge in [0, 0.05) is 5.56 Å². The Balaban J connectivity index is 2.07. The molecule has 1 amide bonds. The number of hydrogen-bond acceptors (Lipinski definition) is 4.